The molecule has 4 saturated heterocycles. The number of carbonyl (C=O) groups is 4. The number of ether oxygens (including phenoxy) is 5. The molecule has 39 heavy (non-hydrogen) atoms. The van der Waals surface area contributed by atoms with Gasteiger partial charge in [-0.1, -0.05) is 39.0 Å². The van der Waals surface area contributed by atoms with Crippen LogP contribution in [0.5, 0.6) is 0 Å². The Bertz CT molecular complexity index is 1340. The minimum absolute atomic E-state index is 0.152. The van der Waals surface area contributed by atoms with Gasteiger partial charge in [-0.15, -0.1) is 0 Å². The molecular formula is C27H28O12. The summed E-state index contributed by atoms with van der Waals surface area (Å²) in [7, 11) is 0. The zero-order valence-electron chi connectivity index (χ0n) is 21.5. The molecule has 4 aliphatic heterocycles. The number of esters is 4. The summed E-state index contributed by atoms with van der Waals surface area (Å²) in [6.45, 7) is 6.65. The minimum Gasteiger partial charge on any atom is -0.456 e. The van der Waals surface area contributed by atoms with Crippen molar-refractivity contribution in [2.45, 2.75) is 75.7 Å². The number of hydrogen-bond acceptors (Lipinski definition) is 12. The zero-order chi connectivity index (χ0) is 28.1. The van der Waals surface area contributed by atoms with E-state index in [0.717, 1.165) is 0 Å². The van der Waals surface area contributed by atoms with Crippen LogP contribution >= 0.6 is 0 Å². The average Bonchev–Trinajstić information content (AvgIpc) is 3.49. The molecule has 7 rings (SSSR count). The smallest absolute Gasteiger partial charge is 0.343 e. The maximum atomic E-state index is 14.1. The highest BCUT2D eigenvalue weighted by atomic mass is 16.8. The molecule has 0 amide bonds. The Labute approximate surface area is 222 Å². The fourth-order valence-electron chi connectivity index (χ4n) is 9.12. The number of rotatable bonds is 2. The Morgan fingerprint density at radius 3 is 2.31 bits per heavy atom. The number of aliphatic hydroxyl groups is 3. The van der Waals surface area contributed by atoms with Crippen LogP contribution in [0.2, 0.25) is 0 Å². The highest BCUT2D eigenvalue weighted by molar-refractivity contribution is 5.94. The van der Waals surface area contributed by atoms with Crippen molar-refractivity contribution in [1.29, 1.82) is 0 Å². The summed E-state index contributed by atoms with van der Waals surface area (Å²) in [5.41, 5.74) is -9.97. The summed E-state index contributed by atoms with van der Waals surface area (Å²) in [5, 5.41) is 36.1. The van der Waals surface area contributed by atoms with Crippen LogP contribution in [0.15, 0.2) is 30.3 Å². The lowest BCUT2D eigenvalue weighted by atomic mass is 9.50. The molecule has 2 saturated carbocycles. The number of hydrogen-bond donors (Lipinski definition) is 3. The average molecular weight is 545 g/mol. The predicted octanol–water partition coefficient (Wildman–Crippen LogP) is -0.534. The summed E-state index contributed by atoms with van der Waals surface area (Å²) in [5.74, 6) is -6.30. The number of fused-ring (bicyclic) bond motifs is 2. The Kier molecular flexibility index (Phi) is 4.46. The molecule has 2 spiro atoms. The Morgan fingerprint density at radius 1 is 1.00 bits per heavy atom. The van der Waals surface area contributed by atoms with Gasteiger partial charge in [0.1, 0.15) is 12.2 Å². The van der Waals surface area contributed by atoms with Gasteiger partial charge in [0.25, 0.3) is 0 Å². The molecule has 12 heteroatoms. The summed E-state index contributed by atoms with van der Waals surface area (Å²) in [6.07, 6.45) is -10.1. The van der Waals surface area contributed by atoms with Crippen LogP contribution in [0.25, 0.3) is 0 Å². The number of carbonyl (C=O) groups excluding carboxylic acids is 4. The highest BCUT2D eigenvalue weighted by Crippen LogP contribution is 2.84. The van der Waals surface area contributed by atoms with Gasteiger partial charge in [-0.25, -0.2) is 14.4 Å². The monoisotopic (exact) mass is 544 g/mol. The molecule has 2 bridgehead atoms. The molecule has 0 radical (unpaired) electrons. The normalized spacial score (nSPS) is 50.6. The second-order valence-corrected chi connectivity index (χ2v) is 12.5. The van der Waals surface area contributed by atoms with Crippen LogP contribution in [0.1, 0.15) is 38.1 Å². The van der Waals surface area contributed by atoms with Crippen molar-refractivity contribution in [2.75, 3.05) is 0 Å². The summed E-state index contributed by atoms with van der Waals surface area (Å²) in [4.78, 5) is 53.3. The first-order valence-electron chi connectivity index (χ1n) is 12.9. The van der Waals surface area contributed by atoms with Crippen LogP contribution in [0, 0.1) is 28.1 Å². The molecular weight excluding hydrogens is 516 g/mol. The first-order chi connectivity index (χ1) is 18.2. The van der Waals surface area contributed by atoms with Gasteiger partial charge in [-0.2, -0.15) is 0 Å². The molecule has 2 aliphatic carbocycles. The van der Waals surface area contributed by atoms with Gasteiger partial charge in [0.2, 0.25) is 11.9 Å². The van der Waals surface area contributed by atoms with Gasteiger partial charge in [-0.05, 0) is 24.5 Å². The minimum atomic E-state index is -2.60. The van der Waals surface area contributed by atoms with E-state index < -0.39 is 100.0 Å². The van der Waals surface area contributed by atoms with E-state index in [1.165, 1.54) is 19.1 Å². The van der Waals surface area contributed by atoms with E-state index >= 15 is 0 Å². The third-order valence-corrected chi connectivity index (χ3v) is 10.2. The molecule has 12 atom stereocenters. The molecule has 6 fully saturated rings. The van der Waals surface area contributed by atoms with E-state index in [1.807, 2.05) is 0 Å². The molecule has 4 heterocycles. The predicted molar refractivity (Wildman–Crippen MR) is 123 cm³/mol. The maximum absolute atomic E-state index is 14.1. The SMILES string of the molecule is C[C@@H]1C(=O)OC2[C@H](O)C34[C@H](OC(=O)c5ccccc5)[C@@H]5OC(=O)[C@]3(O[C@@H]3OC(=O)[C@H](O)C34[C@@H]5C(C)(C)C)[C@]21O. The lowest BCUT2D eigenvalue weighted by molar-refractivity contribution is -0.281. The van der Waals surface area contributed by atoms with Crippen molar-refractivity contribution in [3.63, 3.8) is 0 Å². The van der Waals surface area contributed by atoms with Gasteiger partial charge in [-0.3, -0.25) is 4.79 Å². The Morgan fingerprint density at radius 2 is 1.67 bits per heavy atom. The molecule has 3 unspecified atom stereocenters. The molecule has 1 aromatic carbocycles. The van der Waals surface area contributed by atoms with Crippen molar-refractivity contribution in [2.24, 2.45) is 28.1 Å². The Balaban J connectivity index is 1.56. The molecule has 12 nitrogen and oxygen atoms in total. The van der Waals surface area contributed by atoms with E-state index in [0.29, 0.717) is 0 Å². The molecule has 3 N–H and O–H groups in total. The second-order valence-electron chi connectivity index (χ2n) is 12.5. The van der Waals surface area contributed by atoms with E-state index in [1.54, 1.807) is 39.0 Å². The van der Waals surface area contributed by atoms with Crippen molar-refractivity contribution in [3.05, 3.63) is 35.9 Å². The molecule has 208 valence electrons. The largest absolute Gasteiger partial charge is 0.456 e. The molecule has 0 aromatic heterocycles. The van der Waals surface area contributed by atoms with Crippen LogP contribution in [-0.2, 0) is 38.1 Å². The zero-order valence-corrected chi connectivity index (χ0v) is 21.5. The lowest BCUT2D eigenvalue weighted by Crippen LogP contribution is -2.74. The van der Waals surface area contributed by atoms with E-state index in [4.69, 9.17) is 23.7 Å². The highest BCUT2D eigenvalue weighted by Gasteiger charge is 3.05. The maximum Gasteiger partial charge on any atom is 0.343 e. The van der Waals surface area contributed by atoms with Crippen LogP contribution < -0.4 is 0 Å². The van der Waals surface area contributed by atoms with Crippen molar-refractivity contribution in [3.8, 4) is 0 Å². The van der Waals surface area contributed by atoms with Gasteiger partial charge >= 0.3 is 23.9 Å². The van der Waals surface area contributed by atoms with Gasteiger partial charge < -0.3 is 39.0 Å². The van der Waals surface area contributed by atoms with Crippen molar-refractivity contribution >= 4 is 23.9 Å². The first-order valence-corrected chi connectivity index (χ1v) is 12.9. The van der Waals surface area contributed by atoms with Crippen LogP contribution in [0.3, 0.4) is 0 Å². The fraction of sp³-hybridized carbons (Fsp3) is 0.630. The van der Waals surface area contributed by atoms with E-state index in [-0.39, 0.29) is 5.56 Å². The molecule has 6 aliphatic rings. The standard InChI is InChI=1S/C27H28O12/c1-10-18(30)37-17-14(28)25-16(36-19(31)11-8-6-5-7-9-11)12-13(23(2,3)4)24(25)15(29)20(32)38-22(24)39-27(25,21(33)35-12)26(10,17)34/h5-10,12-17,22,28-29,34H,1-4H3/t10-,12-,13+,14+,15+,16-,17?,22+,24?,25?,26-,27-/m1/s1. The number of aliphatic hydroxyl groups excluding tert-OH is 2. The third kappa shape index (κ3) is 2.21. The van der Waals surface area contributed by atoms with Crippen molar-refractivity contribution in [1.82, 2.24) is 0 Å². The summed E-state index contributed by atoms with van der Waals surface area (Å²) < 4.78 is 29.1. The van der Waals surface area contributed by atoms with E-state index in [2.05, 4.69) is 0 Å². The number of benzene rings is 1. The van der Waals surface area contributed by atoms with Gasteiger partial charge in [0.05, 0.1) is 22.3 Å². The van der Waals surface area contributed by atoms with E-state index in [9.17, 15) is 34.5 Å². The van der Waals surface area contributed by atoms with Gasteiger partial charge in [0, 0.05) is 5.92 Å². The summed E-state index contributed by atoms with van der Waals surface area (Å²) >= 11 is 0. The second kappa shape index (κ2) is 6.98. The third-order valence-electron chi connectivity index (χ3n) is 10.2. The Hall–Kier alpha value is -3.06. The van der Waals surface area contributed by atoms with Gasteiger partial charge in [0.15, 0.2) is 23.9 Å². The molecule has 1 aromatic rings. The summed E-state index contributed by atoms with van der Waals surface area (Å²) in [6, 6.07) is 7.96. The quantitative estimate of drug-likeness (QED) is 0.321. The lowest BCUT2D eigenvalue weighted by Gasteiger charge is -2.51. The van der Waals surface area contributed by atoms with Crippen LogP contribution in [0.4, 0.5) is 0 Å². The first kappa shape index (κ1) is 24.9. The fourth-order valence-corrected chi connectivity index (χ4v) is 9.12. The topological polar surface area (TPSA) is 175 Å². The van der Waals surface area contributed by atoms with Crippen LogP contribution in [-0.4, -0.2) is 87.2 Å². The van der Waals surface area contributed by atoms with Crippen molar-refractivity contribution < 1.29 is 58.2 Å².